The predicted molar refractivity (Wildman–Crippen MR) is 157 cm³/mol. The lowest BCUT2D eigenvalue weighted by atomic mass is 9.82. The maximum Gasteiger partial charge on any atom is 0.0475 e. The van der Waals surface area contributed by atoms with Gasteiger partial charge in [0.15, 0.2) is 0 Å². The average molecular weight is 485 g/mol. The molecular weight excluding hydrogens is 432 g/mol. The largest absolute Gasteiger partial charge is 0.400 e. The van der Waals surface area contributed by atoms with Gasteiger partial charge >= 0.3 is 0 Å². The van der Waals surface area contributed by atoms with Gasteiger partial charge in [-0.2, -0.15) is 5.10 Å². The van der Waals surface area contributed by atoms with Crippen molar-refractivity contribution in [3.63, 3.8) is 0 Å². The molecule has 1 aliphatic carbocycles. The van der Waals surface area contributed by atoms with E-state index in [2.05, 4.69) is 72.8 Å². The molecule has 3 N–H and O–H groups in total. The zero-order valence-electron chi connectivity index (χ0n) is 23.7. The Morgan fingerprint density at radius 1 is 1.09 bits per heavy atom. The SMILES string of the molecule is CC.CNc1cc(C(C)(C)C)c(N(C)CC2CCCCC2)cc1/C1=C/C=N/N/C=C/CCC1.CO. The van der Waals surface area contributed by atoms with Gasteiger partial charge in [-0.3, -0.25) is 5.43 Å². The number of benzene rings is 1. The van der Waals surface area contributed by atoms with Crippen LogP contribution in [0.15, 0.2) is 35.6 Å². The van der Waals surface area contributed by atoms with Gasteiger partial charge in [-0.15, -0.1) is 0 Å². The van der Waals surface area contributed by atoms with Crippen molar-refractivity contribution in [2.45, 2.75) is 91.4 Å². The summed E-state index contributed by atoms with van der Waals surface area (Å²) in [6.45, 7) is 12.1. The molecule has 0 unspecified atom stereocenters. The second kappa shape index (κ2) is 16.4. The first-order valence-electron chi connectivity index (χ1n) is 13.6. The lowest BCUT2D eigenvalue weighted by Crippen LogP contribution is -2.29. The summed E-state index contributed by atoms with van der Waals surface area (Å²) in [5, 5.41) is 14.8. The topological polar surface area (TPSA) is 59.9 Å². The van der Waals surface area contributed by atoms with E-state index in [9.17, 15) is 0 Å². The predicted octanol–water partition coefficient (Wildman–Crippen LogP) is 7.33. The van der Waals surface area contributed by atoms with E-state index in [0.29, 0.717) is 0 Å². The summed E-state index contributed by atoms with van der Waals surface area (Å²) in [7, 11) is 5.33. The minimum atomic E-state index is 0.0845. The molecule has 0 spiro atoms. The zero-order valence-corrected chi connectivity index (χ0v) is 23.7. The van der Waals surface area contributed by atoms with E-state index in [0.717, 1.165) is 38.8 Å². The van der Waals surface area contributed by atoms with Crippen molar-refractivity contribution in [3.8, 4) is 0 Å². The molecule has 198 valence electrons. The number of hydrogen-bond donors (Lipinski definition) is 3. The second-order valence-electron chi connectivity index (χ2n) is 10.2. The van der Waals surface area contributed by atoms with E-state index in [4.69, 9.17) is 5.11 Å². The average Bonchev–Trinajstić information content (AvgIpc) is 2.88. The number of nitrogens with zero attached hydrogens (tertiary/aromatic N) is 2. The molecule has 1 heterocycles. The van der Waals surface area contributed by atoms with Crippen molar-refractivity contribution < 1.29 is 5.11 Å². The number of rotatable bonds is 5. The van der Waals surface area contributed by atoms with Crippen molar-refractivity contribution in [1.29, 1.82) is 0 Å². The molecule has 35 heavy (non-hydrogen) atoms. The number of nitrogens with one attached hydrogen (secondary N) is 2. The first kappa shape index (κ1) is 30.8. The molecule has 0 radical (unpaired) electrons. The fourth-order valence-electron chi connectivity index (χ4n) is 4.90. The van der Waals surface area contributed by atoms with Gasteiger partial charge in [0.1, 0.15) is 0 Å². The van der Waals surface area contributed by atoms with Gasteiger partial charge in [0.05, 0.1) is 0 Å². The molecule has 0 atom stereocenters. The van der Waals surface area contributed by atoms with Gasteiger partial charge < -0.3 is 15.3 Å². The third kappa shape index (κ3) is 9.71. The Hall–Kier alpha value is -2.27. The molecule has 1 aromatic rings. The Labute approximate surface area is 215 Å². The van der Waals surface area contributed by atoms with Crippen LogP contribution in [0.25, 0.3) is 5.57 Å². The monoisotopic (exact) mass is 484 g/mol. The molecule has 0 amide bonds. The molecule has 0 bridgehead atoms. The highest BCUT2D eigenvalue weighted by molar-refractivity contribution is 5.89. The molecule has 2 aliphatic rings. The first-order chi connectivity index (χ1) is 16.9. The number of hydrazone groups is 1. The summed E-state index contributed by atoms with van der Waals surface area (Å²) in [4.78, 5) is 2.53. The Morgan fingerprint density at radius 2 is 1.77 bits per heavy atom. The van der Waals surface area contributed by atoms with Gasteiger partial charge in [0.25, 0.3) is 0 Å². The summed E-state index contributed by atoms with van der Waals surface area (Å²) in [6, 6.07) is 4.82. The summed E-state index contributed by atoms with van der Waals surface area (Å²) in [5.41, 5.74) is 9.71. The fraction of sp³-hybridized carbons (Fsp3) is 0.633. The highest BCUT2D eigenvalue weighted by Gasteiger charge is 2.25. The standard InChI is InChI=1S/C27H42N4.C2H6.CH4O/c1-27(2,3)24-19-25(28-4)23(22-14-10-7-11-16-29-30-17-15-22)18-26(24)31(5)20-21-12-8-6-9-13-21;2*1-2/h11,15-19,21,28-29H,6-10,12-14,20H2,1-5H3;1-2H3;2H,1H3/b16-11+,22-15+,30-17+;;. The minimum Gasteiger partial charge on any atom is -0.400 e. The molecule has 0 saturated heterocycles. The van der Waals surface area contributed by atoms with E-state index in [1.165, 1.54) is 60.2 Å². The molecule has 5 nitrogen and oxygen atoms in total. The van der Waals surface area contributed by atoms with Gasteiger partial charge in [-0.1, -0.05) is 60.0 Å². The van der Waals surface area contributed by atoms with Crippen LogP contribution in [0.3, 0.4) is 0 Å². The van der Waals surface area contributed by atoms with Crippen molar-refractivity contribution in [2.75, 3.05) is 38.0 Å². The molecule has 1 aromatic carbocycles. The maximum atomic E-state index is 7.00. The summed E-state index contributed by atoms with van der Waals surface area (Å²) in [5.74, 6) is 0.817. The van der Waals surface area contributed by atoms with Gasteiger partial charge in [-0.25, -0.2) is 0 Å². The van der Waals surface area contributed by atoms with E-state index in [1.807, 2.05) is 33.3 Å². The van der Waals surface area contributed by atoms with Gasteiger partial charge in [-0.05, 0) is 72.8 Å². The highest BCUT2D eigenvalue weighted by Crippen LogP contribution is 2.40. The van der Waals surface area contributed by atoms with Crippen LogP contribution >= 0.6 is 0 Å². The van der Waals surface area contributed by atoms with Crippen LogP contribution in [0.2, 0.25) is 0 Å². The van der Waals surface area contributed by atoms with Crippen LogP contribution in [0.4, 0.5) is 11.4 Å². The Morgan fingerprint density at radius 3 is 2.40 bits per heavy atom. The third-order valence-electron chi connectivity index (χ3n) is 6.66. The summed E-state index contributed by atoms with van der Waals surface area (Å²) in [6.07, 6.45) is 18.3. The maximum absolute atomic E-state index is 7.00. The van der Waals surface area contributed by atoms with Crippen molar-refractivity contribution in [1.82, 2.24) is 5.43 Å². The summed E-state index contributed by atoms with van der Waals surface area (Å²) >= 11 is 0. The molecule has 1 saturated carbocycles. The number of allylic oxidation sites excluding steroid dienone is 3. The van der Waals surface area contributed by atoms with Crippen LogP contribution in [0.5, 0.6) is 0 Å². The number of aliphatic hydroxyl groups excluding tert-OH is 1. The van der Waals surface area contributed by atoms with Crippen LogP contribution in [-0.4, -0.2) is 39.1 Å². The van der Waals surface area contributed by atoms with Gasteiger partial charge in [0.2, 0.25) is 0 Å². The highest BCUT2D eigenvalue weighted by atomic mass is 16.2. The van der Waals surface area contributed by atoms with E-state index >= 15 is 0 Å². The quantitative estimate of drug-likeness (QED) is 0.409. The number of anilines is 2. The number of aliphatic hydroxyl groups is 1. The first-order valence-corrected chi connectivity index (χ1v) is 13.6. The van der Waals surface area contributed by atoms with Crippen LogP contribution in [0, 0.1) is 5.92 Å². The molecule has 0 aromatic heterocycles. The van der Waals surface area contributed by atoms with Crippen LogP contribution in [-0.2, 0) is 5.41 Å². The van der Waals surface area contributed by atoms with Crippen molar-refractivity contribution in [2.24, 2.45) is 11.0 Å². The second-order valence-corrected chi connectivity index (χ2v) is 10.2. The minimum absolute atomic E-state index is 0.0845. The van der Waals surface area contributed by atoms with Crippen LogP contribution in [0.1, 0.15) is 97.1 Å². The fourth-order valence-corrected chi connectivity index (χ4v) is 4.90. The summed E-state index contributed by atoms with van der Waals surface area (Å²) < 4.78 is 0. The van der Waals surface area contributed by atoms with Gasteiger partial charge in [0, 0.05) is 57.1 Å². The molecular formula is C30H52N4O. The van der Waals surface area contributed by atoms with E-state index in [-0.39, 0.29) is 5.41 Å². The van der Waals surface area contributed by atoms with E-state index in [1.54, 1.807) is 0 Å². The lowest BCUT2D eigenvalue weighted by Gasteiger charge is -2.34. The van der Waals surface area contributed by atoms with Crippen molar-refractivity contribution >= 4 is 23.2 Å². The Bertz CT molecular complexity index is 814. The molecule has 3 rings (SSSR count). The third-order valence-corrected chi connectivity index (χ3v) is 6.66. The Kier molecular flexibility index (Phi) is 14.4. The zero-order chi connectivity index (χ0) is 26.3. The number of hydrogen-bond acceptors (Lipinski definition) is 5. The van der Waals surface area contributed by atoms with E-state index < -0.39 is 0 Å². The molecule has 1 fully saturated rings. The Balaban J connectivity index is 0.00000145. The molecule has 1 aliphatic heterocycles. The lowest BCUT2D eigenvalue weighted by molar-refractivity contribution is 0.361. The molecule has 5 heteroatoms. The van der Waals surface area contributed by atoms with Crippen LogP contribution < -0.4 is 15.6 Å². The smallest absolute Gasteiger partial charge is 0.0475 e. The van der Waals surface area contributed by atoms with Crippen molar-refractivity contribution in [3.05, 3.63) is 41.6 Å². The normalized spacial score (nSPS) is 19.9.